The lowest BCUT2D eigenvalue weighted by Crippen LogP contribution is -2.37. The molecule has 0 fully saturated rings. The largest absolute Gasteiger partial charge is 0.465 e. The van der Waals surface area contributed by atoms with E-state index in [1.807, 2.05) is 30.3 Å². The van der Waals surface area contributed by atoms with Crippen molar-refractivity contribution in [1.82, 2.24) is 4.90 Å². The van der Waals surface area contributed by atoms with E-state index in [4.69, 9.17) is 0 Å². The van der Waals surface area contributed by atoms with Gasteiger partial charge in [-0.1, -0.05) is 63.2 Å². The number of rotatable bonds is 6. The van der Waals surface area contributed by atoms with Crippen molar-refractivity contribution >= 4 is 11.8 Å². The van der Waals surface area contributed by atoms with Crippen LogP contribution < -0.4 is 0 Å². The van der Waals surface area contributed by atoms with Crippen LogP contribution in [0.5, 0.6) is 0 Å². The summed E-state index contributed by atoms with van der Waals surface area (Å²) in [5.74, 6) is -0.00139. The summed E-state index contributed by atoms with van der Waals surface area (Å²) < 4.78 is 0. The maximum Gasteiger partial charge on any atom is 0.407 e. The minimum atomic E-state index is -1.04. The van der Waals surface area contributed by atoms with Crippen LogP contribution in [0.1, 0.15) is 37.8 Å². The Hall–Kier alpha value is -2.89. The van der Waals surface area contributed by atoms with Crippen molar-refractivity contribution < 1.29 is 14.8 Å². The van der Waals surface area contributed by atoms with Crippen LogP contribution in [-0.4, -0.2) is 27.6 Å². The average Bonchev–Trinajstić information content (AvgIpc) is 2.58. The molecule has 1 N–H and O–H groups in total. The molecule has 0 aliphatic heterocycles. The van der Waals surface area contributed by atoms with E-state index in [1.54, 1.807) is 12.1 Å². The third kappa shape index (κ3) is 5.05. The predicted molar refractivity (Wildman–Crippen MR) is 100 cm³/mol. The van der Waals surface area contributed by atoms with Gasteiger partial charge >= 0.3 is 6.09 Å². The Bertz CT molecular complexity index is 769. The van der Waals surface area contributed by atoms with Crippen LogP contribution in [0.15, 0.2) is 54.6 Å². The van der Waals surface area contributed by atoms with Gasteiger partial charge in [-0.15, -0.1) is 0 Å². The summed E-state index contributed by atoms with van der Waals surface area (Å²) in [6.07, 6.45) is -1.04. The van der Waals surface area contributed by atoms with Gasteiger partial charge in [0, 0.05) is 31.1 Å². The van der Waals surface area contributed by atoms with Crippen molar-refractivity contribution in [2.24, 2.45) is 5.41 Å². The van der Waals surface area contributed by atoms with Gasteiger partial charge in [-0.3, -0.25) is 10.1 Å². The van der Waals surface area contributed by atoms with Gasteiger partial charge in [0.15, 0.2) is 0 Å². The average molecular weight is 356 g/mol. The fraction of sp³-hybridized carbons (Fsp3) is 0.350. The molecule has 0 saturated carbocycles. The first-order valence-electron chi connectivity index (χ1n) is 8.44. The second-order valence-corrected chi connectivity index (χ2v) is 7.42. The van der Waals surface area contributed by atoms with Crippen molar-refractivity contribution in [3.8, 4) is 0 Å². The maximum absolute atomic E-state index is 11.8. The first-order chi connectivity index (χ1) is 12.2. The summed E-state index contributed by atoms with van der Waals surface area (Å²) in [5, 5.41) is 20.6. The highest BCUT2D eigenvalue weighted by Crippen LogP contribution is 2.36. The number of nitro benzene ring substituents is 1. The topological polar surface area (TPSA) is 83.7 Å². The van der Waals surface area contributed by atoms with Crippen LogP contribution in [0.2, 0.25) is 0 Å². The van der Waals surface area contributed by atoms with Crippen molar-refractivity contribution in [2.45, 2.75) is 33.2 Å². The number of hydrogen-bond acceptors (Lipinski definition) is 3. The van der Waals surface area contributed by atoms with Crippen molar-refractivity contribution in [1.29, 1.82) is 0 Å². The molecule has 138 valence electrons. The molecule has 1 atom stereocenters. The number of non-ortho nitro benzene ring substituents is 1. The van der Waals surface area contributed by atoms with Gasteiger partial charge in [0.05, 0.1) is 4.92 Å². The Balaban J connectivity index is 2.27. The Morgan fingerprint density at radius 1 is 1.15 bits per heavy atom. The molecule has 26 heavy (non-hydrogen) atoms. The van der Waals surface area contributed by atoms with E-state index < -0.39 is 11.0 Å². The second kappa shape index (κ2) is 7.99. The van der Waals surface area contributed by atoms with Crippen LogP contribution >= 0.6 is 0 Å². The molecule has 0 aromatic heterocycles. The van der Waals surface area contributed by atoms with E-state index in [1.165, 1.54) is 17.0 Å². The highest BCUT2D eigenvalue weighted by molar-refractivity contribution is 5.65. The third-order valence-electron chi connectivity index (χ3n) is 4.42. The number of hydrogen-bond donors (Lipinski definition) is 1. The molecule has 0 spiro atoms. The summed E-state index contributed by atoms with van der Waals surface area (Å²) in [5.41, 5.74) is 1.49. The molecule has 0 aliphatic carbocycles. The van der Waals surface area contributed by atoms with Crippen LogP contribution in [0.4, 0.5) is 10.5 Å². The zero-order valence-corrected chi connectivity index (χ0v) is 15.3. The van der Waals surface area contributed by atoms with Crippen molar-refractivity contribution in [3.63, 3.8) is 0 Å². The van der Waals surface area contributed by atoms with E-state index in [9.17, 15) is 20.0 Å². The molecule has 0 aliphatic rings. The Morgan fingerprint density at radius 2 is 1.81 bits per heavy atom. The van der Waals surface area contributed by atoms with Gasteiger partial charge < -0.3 is 10.0 Å². The second-order valence-electron chi connectivity index (χ2n) is 7.42. The van der Waals surface area contributed by atoms with Gasteiger partial charge in [0.25, 0.3) is 5.69 Å². The van der Waals surface area contributed by atoms with Crippen LogP contribution in [0.25, 0.3) is 0 Å². The Morgan fingerprint density at radius 3 is 2.35 bits per heavy atom. The fourth-order valence-corrected chi connectivity index (χ4v) is 2.98. The van der Waals surface area contributed by atoms with Gasteiger partial charge in [-0.05, 0) is 16.5 Å². The minimum Gasteiger partial charge on any atom is -0.465 e. The summed E-state index contributed by atoms with van der Waals surface area (Å²) in [7, 11) is 0. The number of carbonyl (C=O) groups is 1. The van der Waals surface area contributed by atoms with Crippen molar-refractivity contribution in [2.75, 3.05) is 6.54 Å². The molecule has 0 bridgehead atoms. The standard InChI is InChI=1S/C20H24N2O4/c1-20(2,3)18(16-9-5-4-6-10-16)14-21(19(23)24)13-15-8-7-11-17(12-15)22(25)26/h4-12,18H,13-14H2,1-3H3,(H,23,24). The summed E-state index contributed by atoms with van der Waals surface area (Å²) in [6.45, 7) is 6.66. The zero-order valence-electron chi connectivity index (χ0n) is 15.3. The molecule has 1 amide bonds. The minimum absolute atomic E-state index is 0.00139. The van der Waals surface area contributed by atoms with Gasteiger partial charge in [-0.25, -0.2) is 4.79 Å². The smallest absolute Gasteiger partial charge is 0.407 e. The normalized spacial score (nSPS) is 12.4. The van der Waals surface area contributed by atoms with Gasteiger partial charge in [-0.2, -0.15) is 0 Å². The third-order valence-corrected chi connectivity index (χ3v) is 4.42. The van der Waals surface area contributed by atoms with E-state index in [0.717, 1.165) is 5.56 Å². The molecule has 2 rings (SSSR count). The molecule has 2 aromatic rings. The first-order valence-corrected chi connectivity index (χ1v) is 8.44. The van der Waals surface area contributed by atoms with Crippen molar-refractivity contribution in [3.05, 3.63) is 75.8 Å². The lowest BCUT2D eigenvalue weighted by molar-refractivity contribution is -0.384. The van der Waals surface area contributed by atoms with E-state index in [2.05, 4.69) is 20.8 Å². The van der Waals surface area contributed by atoms with Crippen LogP contribution in [-0.2, 0) is 6.54 Å². The lowest BCUT2D eigenvalue weighted by Gasteiger charge is -2.35. The van der Waals surface area contributed by atoms with Gasteiger partial charge in [0.2, 0.25) is 0 Å². The summed E-state index contributed by atoms with van der Waals surface area (Å²) >= 11 is 0. The number of benzene rings is 2. The highest BCUT2D eigenvalue weighted by Gasteiger charge is 2.30. The van der Waals surface area contributed by atoms with E-state index in [-0.39, 0.29) is 23.6 Å². The molecule has 0 saturated heterocycles. The quantitative estimate of drug-likeness (QED) is 0.589. The first kappa shape index (κ1) is 19.4. The Labute approximate surface area is 153 Å². The van der Waals surface area contributed by atoms with Gasteiger partial charge in [0.1, 0.15) is 0 Å². The van der Waals surface area contributed by atoms with Crippen LogP contribution in [0, 0.1) is 15.5 Å². The summed E-state index contributed by atoms with van der Waals surface area (Å²) in [4.78, 5) is 23.6. The monoisotopic (exact) mass is 356 g/mol. The highest BCUT2D eigenvalue weighted by atomic mass is 16.6. The van der Waals surface area contributed by atoms with E-state index >= 15 is 0 Å². The molecule has 6 nitrogen and oxygen atoms in total. The molecule has 0 radical (unpaired) electrons. The number of nitro groups is 1. The lowest BCUT2D eigenvalue weighted by atomic mass is 9.76. The number of carboxylic acid groups (broad SMARTS) is 1. The number of nitrogens with zero attached hydrogens (tertiary/aromatic N) is 2. The van der Waals surface area contributed by atoms with E-state index in [0.29, 0.717) is 12.1 Å². The van der Waals surface area contributed by atoms with Crippen LogP contribution in [0.3, 0.4) is 0 Å². The Kier molecular flexibility index (Phi) is 5.97. The maximum atomic E-state index is 11.8. The zero-order chi connectivity index (χ0) is 19.3. The number of amides is 1. The SMILES string of the molecule is CC(C)(C)C(CN(Cc1cccc([N+](=O)[O-])c1)C(=O)O)c1ccccc1. The molecule has 0 heterocycles. The molecule has 2 aromatic carbocycles. The molecular weight excluding hydrogens is 332 g/mol. The summed E-state index contributed by atoms with van der Waals surface area (Å²) in [6, 6.07) is 15.9. The predicted octanol–water partition coefficient (Wildman–Crippen LogP) is 4.90. The molecule has 6 heteroatoms. The molecular formula is C20H24N2O4. The fourth-order valence-electron chi connectivity index (χ4n) is 2.98. The molecule has 1 unspecified atom stereocenters.